The Morgan fingerprint density at radius 3 is 2.45 bits per heavy atom. The average molecular weight is 427 g/mol. The van der Waals surface area contributed by atoms with Crippen LogP contribution in [-0.4, -0.2) is 48.0 Å². The second-order valence-electron chi connectivity index (χ2n) is 6.95. The third kappa shape index (κ3) is 5.61. The van der Waals surface area contributed by atoms with Gasteiger partial charge in [0.1, 0.15) is 5.82 Å². The molecule has 0 radical (unpaired) electrons. The van der Waals surface area contributed by atoms with Gasteiger partial charge in [0.2, 0.25) is 5.91 Å². The molecule has 156 valence electrons. The molecule has 1 aromatic carbocycles. The molecular formula is C20H22ClF3N4O. The van der Waals surface area contributed by atoms with Crippen molar-refractivity contribution in [1.82, 2.24) is 9.88 Å². The summed E-state index contributed by atoms with van der Waals surface area (Å²) in [4.78, 5) is 20.6. The van der Waals surface area contributed by atoms with Gasteiger partial charge in [-0.25, -0.2) is 4.98 Å². The lowest BCUT2D eigenvalue weighted by Gasteiger charge is -2.27. The first-order valence-electron chi connectivity index (χ1n) is 9.33. The number of carbonyl (C=O) groups excluding carboxylic acids is 1. The van der Waals surface area contributed by atoms with E-state index >= 15 is 0 Å². The van der Waals surface area contributed by atoms with Crippen LogP contribution < -0.4 is 10.2 Å². The lowest BCUT2D eigenvalue weighted by atomic mass is 10.2. The quantitative estimate of drug-likeness (QED) is 0.792. The summed E-state index contributed by atoms with van der Waals surface area (Å²) in [5.41, 5.74) is -0.0816. The molecule has 1 saturated heterocycles. The van der Waals surface area contributed by atoms with Crippen LogP contribution in [0.5, 0.6) is 0 Å². The molecule has 1 aliphatic rings. The molecule has 1 fully saturated rings. The number of benzene rings is 1. The van der Waals surface area contributed by atoms with Crippen molar-refractivity contribution in [3.63, 3.8) is 0 Å². The van der Waals surface area contributed by atoms with Crippen LogP contribution in [-0.2, 0) is 11.0 Å². The van der Waals surface area contributed by atoms with Crippen LogP contribution in [0.3, 0.4) is 0 Å². The van der Waals surface area contributed by atoms with E-state index in [1.165, 1.54) is 6.07 Å². The molecule has 2 heterocycles. The minimum atomic E-state index is -4.39. The van der Waals surface area contributed by atoms with E-state index in [9.17, 15) is 18.0 Å². The summed E-state index contributed by atoms with van der Waals surface area (Å²) in [6.07, 6.45) is -2.75. The second-order valence-corrected chi connectivity index (χ2v) is 7.39. The van der Waals surface area contributed by atoms with Crippen LogP contribution in [0.25, 0.3) is 0 Å². The molecule has 5 nitrogen and oxygen atoms in total. The van der Waals surface area contributed by atoms with Gasteiger partial charge >= 0.3 is 6.18 Å². The normalized spacial score (nSPS) is 16.9. The first-order valence-corrected chi connectivity index (χ1v) is 9.70. The van der Waals surface area contributed by atoms with Crippen LogP contribution in [0.4, 0.5) is 24.7 Å². The Labute approximate surface area is 172 Å². The van der Waals surface area contributed by atoms with Crippen LogP contribution in [0.15, 0.2) is 42.6 Å². The highest BCUT2D eigenvalue weighted by Crippen LogP contribution is 2.29. The molecule has 1 N–H and O–H groups in total. The summed E-state index contributed by atoms with van der Waals surface area (Å²) >= 11 is 5.86. The fourth-order valence-electron chi connectivity index (χ4n) is 3.24. The van der Waals surface area contributed by atoms with Gasteiger partial charge in [0.15, 0.2) is 0 Å². The highest BCUT2D eigenvalue weighted by Gasteiger charge is 2.31. The first-order chi connectivity index (χ1) is 13.7. The van der Waals surface area contributed by atoms with Gasteiger partial charge in [0.25, 0.3) is 0 Å². The summed E-state index contributed by atoms with van der Waals surface area (Å²) < 4.78 is 38.1. The highest BCUT2D eigenvalue weighted by molar-refractivity contribution is 6.30. The Bertz CT molecular complexity index is 827. The summed E-state index contributed by atoms with van der Waals surface area (Å²) in [6.45, 7) is 4.42. The van der Waals surface area contributed by atoms with Crippen molar-refractivity contribution in [1.29, 1.82) is 0 Å². The first kappa shape index (κ1) is 21.4. The number of carbonyl (C=O) groups is 1. The smallest absolute Gasteiger partial charge is 0.355 e. The van der Waals surface area contributed by atoms with E-state index in [0.29, 0.717) is 42.7 Å². The van der Waals surface area contributed by atoms with Crippen molar-refractivity contribution in [3.8, 4) is 0 Å². The van der Waals surface area contributed by atoms with Gasteiger partial charge < -0.3 is 10.2 Å². The van der Waals surface area contributed by atoms with E-state index in [1.807, 2.05) is 11.8 Å². The zero-order valence-electron chi connectivity index (χ0n) is 15.9. The van der Waals surface area contributed by atoms with Crippen molar-refractivity contribution in [3.05, 3.63) is 53.2 Å². The number of amides is 1. The molecule has 0 saturated carbocycles. The minimum Gasteiger partial charge on any atom is -0.355 e. The number of halogens is 4. The Balaban J connectivity index is 1.58. The predicted molar refractivity (Wildman–Crippen MR) is 107 cm³/mol. The maximum Gasteiger partial charge on any atom is 0.417 e. The van der Waals surface area contributed by atoms with Crippen LogP contribution in [0, 0.1) is 0 Å². The zero-order valence-corrected chi connectivity index (χ0v) is 16.7. The Morgan fingerprint density at radius 2 is 1.83 bits per heavy atom. The molecule has 1 atom stereocenters. The highest BCUT2D eigenvalue weighted by atomic mass is 35.5. The lowest BCUT2D eigenvalue weighted by Crippen LogP contribution is -2.44. The van der Waals surface area contributed by atoms with Gasteiger partial charge in [-0.05, 0) is 49.7 Å². The number of pyridine rings is 1. The van der Waals surface area contributed by atoms with Crippen molar-refractivity contribution in [2.45, 2.75) is 25.6 Å². The van der Waals surface area contributed by atoms with E-state index in [1.54, 1.807) is 24.3 Å². The van der Waals surface area contributed by atoms with E-state index in [-0.39, 0.29) is 11.9 Å². The van der Waals surface area contributed by atoms with Gasteiger partial charge in [-0.1, -0.05) is 11.6 Å². The Kier molecular flexibility index (Phi) is 6.64. The second kappa shape index (κ2) is 9.00. The monoisotopic (exact) mass is 426 g/mol. The number of anilines is 2. The number of nitrogens with one attached hydrogen (secondary N) is 1. The SMILES string of the molecule is CC(C(=O)Nc1ccc(Cl)cc1)N1CCCN(c2ccc(C(F)(F)F)cn2)CC1. The number of aromatic nitrogens is 1. The van der Waals surface area contributed by atoms with Gasteiger partial charge in [0.05, 0.1) is 11.6 Å². The zero-order chi connectivity index (χ0) is 21.0. The Morgan fingerprint density at radius 1 is 1.10 bits per heavy atom. The molecule has 1 unspecified atom stereocenters. The molecule has 0 aliphatic carbocycles. The van der Waals surface area contributed by atoms with E-state index in [4.69, 9.17) is 11.6 Å². The largest absolute Gasteiger partial charge is 0.417 e. The summed E-state index contributed by atoms with van der Waals surface area (Å²) in [5.74, 6) is 0.395. The van der Waals surface area contributed by atoms with Crippen LogP contribution in [0.1, 0.15) is 18.9 Å². The molecule has 2 aromatic rings. The molecule has 1 amide bonds. The number of hydrogen-bond acceptors (Lipinski definition) is 4. The molecule has 0 bridgehead atoms. The number of rotatable bonds is 4. The molecule has 0 spiro atoms. The maximum atomic E-state index is 12.7. The van der Waals surface area contributed by atoms with E-state index in [2.05, 4.69) is 15.2 Å². The molecule has 1 aromatic heterocycles. The van der Waals surface area contributed by atoms with Crippen LogP contribution in [0.2, 0.25) is 5.02 Å². The van der Waals surface area contributed by atoms with Gasteiger partial charge in [-0.15, -0.1) is 0 Å². The summed E-state index contributed by atoms with van der Waals surface area (Å²) in [7, 11) is 0. The molecule has 1 aliphatic heterocycles. The third-order valence-electron chi connectivity index (χ3n) is 4.97. The van der Waals surface area contributed by atoms with Crippen molar-refractivity contribution in [2.75, 3.05) is 36.4 Å². The van der Waals surface area contributed by atoms with Gasteiger partial charge in [0, 0.05) is 43.1 Å². The standard InChI is InChI=1S/C20H22ClF3N4O/c1-14(19(29)26-17-6-4-16(21)5-7-17)27-9-2-10-28(12-11-27)18-8-3-15(13-25-18)20(22,23)24/h3-8,13-14H,2,9-12H2,1H3,(H,26,29). The van der Waals surface area contributed by atoms with E-state index in [0.717, 1.165) is 18.7 Å². The Hall–Kier alpha value is -2.32. The van der Waals surface area contributed by atoms with Crippen LogP contribution >= 0.6 is 11.6 Å². The van der Waals surface area contributed by atoms with Crippen molar-refractivity contribution < 1.29 is 18.0 Å². The lowest BCUT2D eigenvalue weighted by molar-refractivity contribution is -0.137. The molecule has 9 heteroatoms. The van der Waals surface area contributed by atoms with Crippen molar-refractivity contribution in [2.24, 2.45) is 0 Å². The number of nitrogens with zero attached hydrogens (tertiary/aromatic N) is 3. The topological polar surface area (TPSA) is 48.5 Å². The molecule has 29 heavy (non-hydrogen) atoms. The van der Waals surface area contributed by atoms with Gasteiger partial charge in [-0.2, -0.15) is 13.2 Å². The van der Waals surface area contributed by atoms with Crippen molar-refractivity contribution >= 4 is 29.0 Å². The number of hydrogen-bond donors (Lipinski definition) is 1. The fourth-order valence-corrected chi connectivity index (χ4v) is 3.37. The van der Waals surface area contributed by atoms with Gasteiger partial charge in [-0.3, -0.25) is 9.69 Å². The average Bonchev–Trinajstić information content (AvgIpc) is 2.95. The molecule has 3 rings (SSSR count). The minimum absolute atomic E-state index is 0.117. The third-order valence-corrected chi connectivity index (χ3v) is 5.22. The summed E-state index contributed by atoms with van der Waals surface area (Å²) in [6, 6.07) is 9.01. The summed E-state index contributed by atoms with van der Waals surface area (Å²) in [5, 5.41) is 3.48. The van der Waals surface area contributed by atoms with E-state index < -0.39 is 11.7 Å². The maximum absolute atomic E-state index is 12.7. The predicted octanol–water partition coefficient (Wildman–Crippen LogP) is 4.29. The fraction of sp³-hybridized carbons (Fsp3) is 0.400. The molecular weight excluding hydrogens is 405 g/mol. The number of alkyl halides is 3.